The summed E-state index contributed by atoms with van der Waals surface area (Å²) in [6.07, 6.45) is 0.267. The van der Waals surface area contributed by atoms with Gasteiger partial charge in [0.25, 0.3) is 0 Å². The second kappa shape index (κ2) is 11.0. The Morgan fingerprint density at radius 1 is 0.788 bits per heavy atom. The highest BCUT2D eigenvalue weighted by Crippen LogP contribution is 2.19. The summed E-state index contributed by atoms with van der Waals surface area (Å²) >= 11 is 0. The molecule has 0 aliphatic carbocycles. The van der Waals surface area contributed by atoms with Crippen molar-refractivity contribution in [3.8, 4) is 11.1 Å². The molecular weight excluding hydrogens is 421 g/mol. The number of halogens is 1. The summed E-state index contributed by atoms with van der Waals surface area (Å²) in [7, 11) is 0. The van der Waals surface area contributed by atoms with E-state index in [2.05, 4.69) is 10.6 Å². The Labute approximate surface area is 192 Å². The van der Waals surface area contributed by atoms with Crippen LogP contribution in [0.5, 0.6) is 0 Å². The van der Waals surface area contributed by atoms with Crippen LogP contribution in [0.1, 0.15) is 18.1 Å². The van der Waals surface area contributed by atoms with E-state index >= 15 is 0 Å². The number of amides is 3. The van der Waals surface area contributed by atoms with Crippen molar-refractivity contribution in [1.82, 2.24) is 10.6 Å². The molecule has 0 saturated heterocycles. The molecule has 170 valence electrons. The van der Waals surface area contributed by atoms with E-state index in [9.17, 15) is 18.8 Å². The largest absolute Gasteiger partial charge is 0.368 e. The third-order valence-electron chi connectivity index (χ3n) is 5.18. The Hall–Kier alpha value is -4.00. The number of nitrogens with one attached hydrogen (secondary N) is 2. The Kier molecular flexibility index (Phi) is 7.91. The smallest absolute Gasteiger partial charge is 0.243 e. The van der Waals surface area contributed by atoms with Crippen LogP contribution in [-0.4, -0.2) is 29.8 Å². The van der Waals surface area contributed by atoms with Gasteiger partial charge in [-0.1, -0.05) is 66.7 Å². The minimum absolute atomic E-state index is 0.0699. The molecule has 3 amide bonds. The summed E-state index contributed by atoms with van der Waals surface area (Å²) in [6, 6.07) is 21.3. The van der Waals surface area contributed by atoms with E-state index in [1.807, 2.05) is 54.6 Å². The highest BCUT2D eigenvalue weighted by Gasteiger charge is 2.25. The van der Waals surface area contributed by atoms with Crippen molar-refractivity contribution in [2.75, 3.05) is 0 Å². The van der Waals surface area contributed by atoms with Gasteiger partial charge in [0, 0.05) is 19.8 Å². The summed E-state index contributed by atoms with van der Waals surface area (Å²) < 4.78 is 13.5. The van der Waals surface area contributed by atoms with Gasteiger partial charge in [-0.25, -0.2) is 4.39 Å². The first kappa shape index (κ1) is 23.7. The predicted octanol–water partition coefficient (Wildman–Crippen LogP) is 2.75. The zero-order valence-corrected chi connectivity index (χ0v) is 18.3. The van der Waals surface area contributed by atoms with Crippen LogP contribution in [0, 0.1) is 5.82 Å². The van der Waals surface area contributed by atoms with Gasteiger partial charge in [-0.3, -0.25) is 14.4 Å². The molecule has 3 aromatic carbocycles. The molecule has 0 aliphatic heterocycles. The number of hydrogen-bond acceptors (Lipinski definition) is 3. The van der Waals surface area contributed by atoms with Crippen LogP contribution in [0.2, 0.25) is 0 Å². The van der Waals surface area contributed by atoms with E-state index in [4.69, 9.17) is 5.73 Å². The fraction of sp³-hybridized carbons (Fsp3) is 0.192. The maximum atomic E-state index is 13.5. The van der Waals surface area contributed by atoms with Gasteiger partial charge in [0.05, 0.1) is 0 Å². The predicted molar refractivity (Wildman–Crippen MR) is 124 cm³/mol. The molecule has 0 unspecified atom stereocenters. The second-order valence-corrected chi connectivity index (χ2v) is 7.82. The molecule has 0 fully saturated rings. The SMILES string of the molecule is CC(=O)N[C@@H](Cc1cccc(F)c1)C(=O)N[C@H](Cc1ccc(-c2ccccc2)cc1)C(N)=O. The van der Waals surface area contributed by atoms with Crippen molar-refractivity contribution < 1.29 is 18.8 Å². The number of carbonyl (C=O) groups excluding carboxylic acids is 3. The maximum absolute atomic E-state index is 13.5. The van der Waals surface area contributed by atoms with E-state index in [-0.39, 0.29) is 12.8 Å². The van der Waals surface area contributed by atoms with E-state index in [0.29, 0.717) is 5.56 Å². The molecule has 0 spiro atoms. The monoisotopic (exact) mass is 447 g/mol. The Balaban J connectivity index is 1.70. The van der Waals surface area contributed by atoms with Crippen molar-refractivity contribution >= 4 is 17.7 Å². The lowest BCUT2D eigenvalue weighted by atomic mass is 9.99. The van der Waals surface area contributed by atoms with Crippen LogP contribution < -0.4 is 16.4 Å². The van der Waals surface area contributed by atoms with Gasteiger partial charge in [-0.15, -0.1) is 0 Å². The molecule has 0 aliphatic rings. The topological polar surface area (TPSA) is 101 Å². The fourth-order valence-corrected chi connectivity index (χ4v) is 3.55. The lowest BCUT2D eigenvalue weighted by Gasteiger charge is -2.22. The molecule has 0 aromatic heterocycles. The molecular formula is C26H26FN3O3. The van der Waals surface area contributed by atoms with Gasteiger partial charge < -0.3 is 16.4 Å². The first-order valence-electron chi connectivity index (χ1n) is 10.6. The molecule has 0 saturated carbocycles. The first-order chi connectivity index (χ1) is 15.8. The lowest BCUT2D eigenvalue weighted by molar-refractivity contribution is -0.130. The molecule has 0 heterocycles. The maximum Gasteiger partial charge on any atom is 0.243 e. The molecule has 3 rings (SSSR count). The minimum Gasteiger partial charge on any atom is -0.368 e. The van der Waals surface area contributed by atoms with E-state index in [1.165, 1.54) is 25.1 Å². The van der Waals surface area contributed by atoms with E-state index < -0.39 is 35.6 Å². The average molecular weight is 448 g/mol. The number of primary amides is 1. The molecule has 6 nitrogen and oxygen atoms in total. The minimum atomic E-state index is -0.980. The molecule has 0 radical (unpaired) electrons. The summed E-state index contributed by atoms with van der Waals surface area (Å²) in [5.41, 5.74) is 8.99. The molecule has 2 atom stereocenters. The van der Waals surface area contributed by atoms with Crippen LogP contribution in [0.4, 0.5) is 4.39 Å². The van der Waals surface area contributed by atoms with Gasteiger partial charge in [-0.2, -0.15) is 0 Å². The van der Waals surface area contributed by atoms with Gasteiger partial charge in [0.1, 0.15) is 17.9 Å². The molecule has 4 N–H and O–H groups in total. The standard InChI is InChI=1S/C26H26FN3O3/c1-17(31)29-24(16-19-6-5-9-22(27)14-19)26(33)30-23(25(28)32)15-18-10-12-21(13-11-18)20-7-3-2-4-8-20/h2-14,23-24H,15-16H2,1H3,(H2,28,32)(H,29,31)(H,30,33)/t23-,24+/m1/s1. The molecule has 0 bridgehead atoms. The zero-order chi connectivity index (χ0) is 23.8. The van der Waals surface area contributed by atoms with Crippen molar-refractivity contribution in [2.45, 2.75) is 31.8 Å². The van der Waals surface area contributed by atoms with Crippen LogP contribution in [0.25, 0.3) is 11.1 Å². The van der Waals surface area contributed by atoms with Gasteiger partial charge >= 0.3 is 0 Å². The number of rotatable bonds is 9. The Morgan fingerprint density at radius 2 is 1.42 bits per heavy atom. The van der Waals surface area contributed by atoms with Crippen LogP contribution in [0.15, 0.2) is 78.9 Å². The van der Waals surface area contributed by atoms with Crippen LogP contribution >= 0.6 is 0 Å². The Bertz CT molecular complexity index is 1120. The number of hydrogen-bond donors (Lipinski definition) is 3. The van der Waals surface area contributed by atoms with E-state index in [1.54, 1.807) is 6.07 Å². The van der Waals surface area contributed by atoms with Crippen molar-refractivity contribution in [1.29, 1.82) is 0 Å². The fourth-order valence-electron chi connectivity index (χ4n) is 3.55. The highest BCUT2D eigenvalue weighted by molar-refractivity contribution is 5.91. The first-order valence-corrected chi connectivity index (χ1v) is 10.6. The highest BCUT2D eigenvalue weighted by atomic mass is 19.1. The second-order valence-electron chi connectivity index (χ2n) is 7.82. The summed E-state index contributed by atoms with van der Waals surface area (Å²) in [4.78, 5) is 36.5. The van der Waals surface area contributed by atoms with Crippen LogP contribution in [0.3, 0.4) is 0 Å². The zero-order valence-electron chi connectivity index (χ0n) is 18.3. The van der Waals surface area contributed by atoms with Crippen molar-refractivity contribution in [2.24, 2.45) is 5.73 Å². The van der Waals surface area contributed by atoms with Crippen LogP contribution in [-0.2, 0) is 27.2 Å². The summed E-state index contributed by atoms with van der Waals surface area (Å²) in [5.74, 6) is -2.12. The molecule has 7 heteroatoms. The van der Waals surface area contributed by atoms with Crippen molar-refractivity contribution in [3.63, 3.8) is 0 Å². The summed E-state index contributed by atoms with van der Waals surface area (Å²) in [6.45, 7) is 1.28. The number of carbonyl (C=O) groups is 3. The Morgan fingerprint density at radius 3 is 2.03 bits per heavy atom. The van der Waals surface area contributed by atoms with E-state index in [0.717, 1.165) is 16.7 Å². The third-order valence-corrected chi connectivity index (χ3v) is 5.18. The van der Waals surface area contributed by atoms with Gasteiger partial charge in [-0.05, 0) is 34.4 Å². The molecule has 3 aromatic rings. The number of nitrogens with two attached hydrogens (primary N) is 1. The number of benzene rings is 3. The quantitative estimate of drug-likeness (QED) is 0.470. The summed E-state index contributed by atoms with van der Waals surface area (Å²) in [5, 5.41) is 5.19. The van der Waals surface area contributed by atoms with Gasteiger partial charge in [0.2, 0.25) is 17.7 Å². The third kappa shape index (κ3) is 7.00. The van der Waals surface area contributed by atoms with Crippen molar-refractivity contribution in [3.05, 3.63) is 95.8 Å². The van der Waals surface area contributed by atoms with Gasteiger partial charge in [0.15, 0.2) is 0 Å². The average Bonchev–Trinajstić information content (AvgIpc) is 2.79. The lowest BCUT2D eigenvalue weighted by Crippen LogP contribution is -2.54. The molecule has 33 heavy (non-hydrogen) atoms. The normalized spacial score (nSPS) is 12.4.